The maximum Gasteiger partial charge on any atom is 0.124 e. The molecule has 21 heavy (non-hydrogen) atoms. The molecule has 3 nitrogen and oxygen atoms in total. The minimum absolute atomic E-state index is 0.110. The number of ether oxygens (including phenoxy) is 1. The second-order valence-corrected chi connectivity index (χ2v) is 5.64. The molecule has 1 unspecified atom stereocenters. The van der Waals surface area contributed by atoms with E-state index in [1.54, 1.807) is 0 Å². The van der Waals surface area contributed by atoms with Gasteiger partial charge in [-0.25, -0.2) is 0 Å². The van der Waals surface area contributed by atoms with Crippen LogP contribution in [0, 0.1) is 17.2 Å². The Labute approximate surface area is 127 Å². The molecule has 0 saturated heterocycles. The Morgan fingerprint density at radius 2 is 2.10 bits per heavy atom. The third kappa shape index (κ3) is 4.07. The van der Waals surface area contributed by atoms with Crippen LogP contribution in [0.4, 0.5) is 0 Å². The lowest BCUT2D eigenvalue weighted by atomic mass is 9.69. The quantitative estimate of drug-likeness (QED) is 0.503. The van der Waals surface area contributed by atoms with E-state index in [4.69, 9.17) is 4.74 Å². The molecule has 0 amide bonds. The summed E-state index contributed by atoms with van der Waals surface area (Å²) in [5.41, 5.74) is 0.226. The summed E-state index contributed by atoms with van der Waals surface area (Å²) in [5.74, 6) is 0.880. The van der Waals surface area contributed by atoms with Crippen molar-refractivity contribution in [2.24, 2.45) is 5.92 Å². The Morgan fingerprint density at radius 1 is 1.38 bits per heavy atom. The highest BCUT2D eigenvalue weighted by molar-refractivity contribution is 5.51. The number of nitriles is 1. The van der Waals surface area contributed by atoms with Crippen molar-refractivity contribution < 1.29 is 9.53 Å². The van der Waals surface area contributed by atoms with Crippen LogP contribution in [0.3, 0.4) is 0 Å². The number of carbonyl (C=O) groups excluding carboxylic acids is 1. The van der Waals surface area contributed by atoms with E-state index in [2.05, 4.69) is 13.0 Å². The molecule has 1 rings (SSSR count). The molecule has 1 aromatic carbocycles. The van der Waals surface area contributed by atoms with Gasteiger partial charge in [-0.2, -0.15) is 5.26 Å². The van der Waals surface area contributed by atoms with Crippen LogP contribution in [-0.4, -0.2) is 12.9 Å². The normalized spacial score (nSPS) is 13.5. The Hall–Kier alpha value is -1.82. The van der Waals surface area contributed by atoms with Gasteiger partial charge in [0.05, 0.1) is 18.1 Å². The highest BCUT2D eigenvalue weighted by Gasteiger charge is 2.37. The van der Waals surface area contributed by atoms with Gasteiger partial charge >= 0.3 is 0 Å². The fourth-order valence-corrected chi connectivity index (χ4v) is 2.55. The zero-order valence-corrected chi connectivity index (χ0v) is 13.3. The van der Waals surface area contributed by atoms with E-state index < -0.39 is 5.41 Å². The number of hydrogen-bond acceptors (Lipinski definition) is 3. The lowest BCUT2D eigenvalue weighted by molar-refractivity contribution is -0.108. The SMILES string of the molecule is CCCCOc1ccccc1C(C#N)(CCC=O)C(C)C. The van der Waals surface area contributed by atoms with E-state index in [9.17, 15) is 10.1 Å². The maximum atomic E-state index is 10.8. The van der Waals surface area contributed by atoms with Crippen LogP contribution < -0.4 is 4.74 Å². The van der Waals surface area contributed by atoms with E-state index in [1.165, 1.54) is 0 Å². The predicted molar refractivity (Wildman–Crippen MR) is 84.3 cm³/mol. The van der Waals surface area contributed by atoms with Gasteiger partial charge in [-0.3, -0.25) is 0 Å². The Balaban J connectivity index is 3.18. The highest BCUT2D eigenvalue weighted by atomic mass is 16.5. The molecule has 0 N–H and O–H groups in total. The van der Waals surface area contributed by atoms with Crippen molar-refractivity contribution >= 4 is 6.29 Å². The largest absolute Gasteiger partial charge is 0.493 e. The van der Waals surface area contributed by atoms with Gasteiger partial charge in [-0.05, 0) is 24.8 Å². The van der Waals surface area contributed by atoms with Crippen molar-refractivity contribution in [1.82, 2.24) is 0 Å². The topological polar surface area (TPSA) is 50.1 Å². The van der Waals surface area contributed by atoms with Crippen LogP contribution in [0.5, 0.6) is 5.75 Å². The van der Waals surface area contributed by atoms with Gasteiger partial charge in [0.25, 0.3) is 0 Å². The molecule has 114 valence electrons. The monoisotopic (exact) mass is 287 g/mol. The fraction of sp³-hybridized carbons (Fsp3) is 0.556. The number of aldehydes is 1. The predicted octanol–water partition coefficient (Wildman–Crippen LogP) is 4.26. The third-order valence-corrected chi connectivity index (χ3v) is 3.96. The summed E-state index contributed by atoms with van der Waals surface area (Å²) in [6, 6.07) is 10.2. The summed E-state index contributed by atoms with van der Waals surface area (Å²) in [4.78, 5) is 10.8. The van der Waals surface area contributed by atoms with Crippen LogP contribution in [-0.2, 0) is 10.2 Å². The molecule has 0 heterocycles. The number of benzene rings is 1. The van der Waals surface area contributed by atoms with Crippen molar-refractivity contribution in [1.29, 1.82) is 5.26 Å². The zero-order valence-electron chi connectivity index (χ0n) is 13.3. The summed E-state index contributed by atoms with van der Waals surface area (Å²) in [7, 11) is 0. The number of hydrogen-bond donors (Lipinski definition) is 0. The number of nitrogens with zero attached hydrogens (tertiary/aromatic N) is 1. The summed E-state index contributed by atoms with van der Waals surface area (Å²) in [5, 5.41) is 9.80. The third-order valence-electron chi connectivity index (χ3n) is 3.96. The first kappa shape index (κ1) is 17.2. The van der Waals surface area contributed by atoms with Gasteiger partial charge in [0.2, 0.25) is 0 Å². The van der Waals surface area contributed by atoms with E-state index >= 15 is 0 Å². The maximum absolute atomic E-state index is 10.8. The Bertz CT molecular complexity index is 490. The zero-order chi connectivity index (χ0) is 15.7. The molecule has 0 spiro atoms. The van der Waals surface area contributed by atoms with Crippen LogP contribution in [0.15, 0.2) is 24.3 Å². The molecule has 0 radical (unpaired) electrons. The molecule has 0 aromatic heterocycles. The Kier molecular flexibility index (Phi) is 6.94. The molecule has 0 saturated carbocycles. The van der Waals surface area contributed by atoms with Gasteiger partial charge in [0, 0.05) is 12.0 Å². The van der Waals surface area contributed by atoms with Crippen molar-refractivity contribution in [2.45, 2.75) is 51.9 Å². The lowest BCUT2D eigenvalue weighted by Gasteiger charge is -2.32. The molecule has 0 aliphatic rings. The van der Waals surface area contributed by atoms with Gasteiger partial charge in [-0.15, -0.1) is 0 Å². The molecule has 3 heteroatoms. The van der Waals surface area contributed by atoms with E-state index in [0.29, 0.717) is 19.4 Å². The lowest BCUT2D eigenvalue weighted by Crippen LogP contribution is -2.31. The van der Waals surface area contributed by atoms with Crippen molar-refractivity contribution in [3.05, 3.63) is 29.8 Å². The molecule has 1 aromatic rings. The first-order valence-electron chi connectivity index (χ1n) is 7.69. The molecular formula is C18H25NO2. The van der Waals surface area contributed by atoms with Crippen molar-refractivity contribution in [3.8, 4) is 11.8 Å². The van der Waals surface area contributed by atoms with E-state index in [-0.39, 0.29) is 5.92 Å². The number of para-hydroxylation sites is 1. The first-order valence-corrected chi connectivity index (χ1v) is 7.69. The summed E-state index contributed by atoms with van der Waals surface area (Å²) in [6.07, 6.45) is 3.85. The average molecular weight is 287 g/mol. The van der Waals surface area contributed by atoms with E-state index in [0.717, 1.165) is 30.4 Å². The van der Waals surface area contributed by atoms with E-state index in [1.807, 2.05) is 38.1 Å². The van der Waals surface area contributed by atoms with Crippen molar-refractivity contribution in [3.63, 3.8) is 0 Å². The summed E-state index contributed by atoms with van der Waals surface area (Å²) in [6.45, 7) is 6.82. The Morgan fingerprint density at radius 3 is 2.67 bits per heavy atom. The number of unbranched alkanes of at least 4 members (excludes halogenated alkanes) is 1. The first-order chi connectivity index (χ1) is 10.1. The fourth-order valence-electron chi connectivity index (χ4n) is 2.55. The number of rotatable bonds is 9. The molecule has 0 aliphatic carbocycles. The number of carbonyl (C=O) groups is 1. The van der Waals surface area contributed by atoms with Gasteiger partial charge in [0.1, 0.15) is 12.0 Å². The van der Waals surface area contributed by atoms with Crippen LogP contribution in [0.25, 0.3) is 0 Å². The van der Waals surface area contributed by atoms with Crippen LogP contribution in [0.2, 0.25) is 0 Å². The summed E-state index contributed by atoms with van der Waals surface area (Å²) >= 11 is 0. The van der Waals surface area contributed by atoms with Gasteiger partial charge in [0.15, 0.2) is 0 Å². The van der Waals surface area contributed by atoms with Gasteiger partial charge < -0.3 is 9.53 Å². The minimum Gasteiger partial charge on any atom is -0.493 e. The van der Waals surface area contributed by atoms with Gasteiger partial charge in [-0.1, -0.05) is 45.4 Å². The smallest absolute Gasteiger partial charge is 0.124 e. The standard InChI is InChI=1S/C18H25NO2/c1-4-5-13-21-17-10-7-6-9-16(17)18(14-19,15(2)3)11-8-12-20/h6-7,9-10,12,15H,4-5,8,11,13H2,1-3H3. The second-order valence-electron chi connectivity index (χ2n) is 5.64. The second kappa shape index (κ2) is 8.46. The minimum atomic E-state index is -0.677. The van der Waals surface area contributed by atoms with Crippen LogP contribution >= 0.6 is 0 Å². The molecule has 0 aliphatic heterocycles. The summed E-state index contributed by atoms with van der Waals surface area (Å²) < 4.78 is 5.88. The molecule has 0 fully saturated rings. The molecular weight excluding hydrogens is 262 g/mol. The highest BCUT2D eigenvalue weighted by Crippen LogP contribution is 2.41. The molecule has 0 bridgehead atoms. The van der Waals surface area contributed by atoms with Crippen molar-refractivity contribution in [2.75, 3.05) is 6.61 Å². The van der Waals surface area contributed by atoms with Crippen LogP contribution in [0.1, 0.15) is 52.0 Å². The average Bonchev–Trinajstić information content (AvgIpc) is 2.49. The molecule has 1 atom stereocenters.